The average molecular weight is 670 g/mol. The van der Waals surface area contributed by atoms with E-state index in [-0.39, 0.29) is 0 Å². The summed E-state index contributed by atoms with van der Waals surface area (Å²) in [6.07, 6.45) is 40.6. The van der Waals surface area contributed by atoms with Gasteiger partial charge in [0.2, 0.25) is 0 Å². The quantitative estimate of drug-likeness (QED) is 0.0476. The molecule has 274 valence electrons. The van der Waals surface area contributed by atoms with Gasteiger partial charge in [-0.3, -0.25) is 0 Å². The molecule has 0 aliphatic carbocycles. The second-order valence-electron chi connectivity index (χ2n) is 15.4. The fourth-order valence-corrected chi connectivity index (χ4v) is 7.85. The van der Waals surface area contributed by atoms with Gasteiger partial charge in [0.15, 0.2) is 0 Å². The van der Waals surface area contributed by atoms with Crippen LogP contribution in [0.25, 0.3) is 0 Å². The summed E-state index contributed by atoms with van der Waals surface area (Å²) in [4.78, 5) is 0. The molecule has 49 heavy (non-hydrogen) atoms. The number of hydrogen-bond acceptors (Lipinski definition) is 0. The summed E-state index contributed by atoms with van der Waals surface area (Å²) in [7, 11) is 0. The number of hydrogen-bond donors (Lipinski definition) is 0. The maximum atomic E-state index is 2.67. The molecule has 0 saturated carbocycles. The van der Waals surface area contributed by atoms with Gasteiger partial charge < -0.3 is 0 Å². The summed E-state index contributed by atoms with van der Waals surface area (Å²) in [5.74, 6) is 2.08. The topological polar surface area (TPSA) is 8.81 Å². The lowest BCUT2D eigenvalue weighted by Gasteiger charge is -2.18. The minimum absolute atomic E-state index is 0.532. The van der Waals surface area contributed by atoms with Crippen molar-refractivity contribution in [3.05, 3.63) is 90.0 Å². The minimum atomic E-state index is 0.532. The molecule has 0 bridgehead atoms. The smallest absolute Gasteiger partial charge is 0.234 e. The Kier molecular flexibility index (Phi) is 23.0. The van der Waals surface area contributed by atoms with Gasteiger partial charge in [0.05, 0.1) is 12.6 Å². The fourth-order valence-electron chi connectivity index (χ4n) is 7.85. The highest BCUT2D eigenvalue weighted by Crippen LogP contribution is 2.27. The van der Waals surface area contributed by atoms with Crippen molar-refractivity contribution < 1.29 is 4.57 Å². The number of aromatic nitrogens is 2. The molecule has 0 amide bonds. The minimum Gasteiger partial charge on any atom is -0.234 e. The van der Waals surface area contributed by atoms with Gasteiger partial charge in [-0.15, -0.1) is 0 Å². The molecule has 3 aromatic rings. The van der Waals surface area contributed by atoms with E-state index in [9.17, 15) is 0 Å². The van der Waals surface area contributed by atoms with Crippen LogP contribution >= 0.6 is 0 Å². The summed E-state index contributed by atoms with van der Waals surface area (Å²) >= 11 is 0. The fraction of sp³-hybridized carbons (Fsp3) is 0.681. The van der Waals surface area contributed by atoms with E-state index in [4.69, 9.17) is 0 Å². The summed E-state index contributed by atoms with van der Waals surface area (Å²) in [5.41, 5.74) is 2.93. The molecule has 0 spiro atoms. The molecular weight excluding hydrogens is 593 g/mol. The molecule has 2 nitrogen and oxygen atoms in total. The van der Waals surface area contributed by atoms with Crippen molar-refractivity contribution in [1.82, 2.24) is 4.57 Å². The lowest BCUT2D eigenvalue weighted by atomic mass is 9.88. The Labute approximate surface area is 304 Å². The maximum absolute atomic E-state index is 2.67. The Balaban J connectivity index is 1.53. The number of unbranched alkanes of at least 4 members (excludes halogenated alkanes) is 20. The second-order valence-corrected chi connectivity index (χ2v) is 15.4. The zero-order valence-corrected chi connectivity index (χ0v) is 32.6. The molecule has 0 fully saturated rings. The molecule has 0 aliphatic rings. The molecule has 3 rings (SSSR count). The van der Waals surface area contributed by atoms with Crippen molar-refractivity contribution in [3.63, 3.8) is 0 Å². The van der Waals surface area contributed by atoms with E-state index in [2.05, 4.69) is 103 Å². The first-order valence-corrected chi connectivity index (χ1v) is 21.4. The number of aryl methyl sites for hydroxylation is 1. The highest BCUT2D eigenvalue weighted by Gasteiger charge is 2.23. The van der Waals surface area contributed by atoms with Gasteiger partial charge in [-0.2, -0.15) is 0 Å². The zero-order chi connectivity index (χ0) is 34.6. The van der Waals surface area contributed by atoms with Gasteiger partial charge in [0.25, 0.3) is 5.82 Å². The largest absolute Gasteiger partial charge is 0.256 e. The Morgan fingerprint density at radius 3 is 1.53 bits per heavy atom. The summed E-state index contributed by atoms with van der Waals surface area (Å²) < 4.78 is 5.30. The van der Waals surface area contributed by atoms with Gasteiger partial charge in [-0.25, -0.2) is 9.13 Å². The van der Waals surface area contributed by atoms with Crippen LogP contribution in [0.1, 0.15) is 204 Å². The summed E-state index contributed by atoms with van der Waals surface area (Å²) in [5, 5.41) is 0. The third-order valence-corrected chi connectivity index (χ3v) is 11.1. The highest BCUT2D eigenvalue weighted by molar-refractivity contribution is 5.24. The van der Waals surface area contributed by atoms with Gasteiger partial charge in [-0.05, 0) is 62.5 Å². The van der Waals surface area contributed by atoms with Crippen molar-refractivity contribution in [2.45, 2.75) is 206 Å². The third kappa shape index (κ3) is 17.9. The van der Waals surface area contributed by atoms with Crippen LogP contribution < -0.4 is 4.57 Å². The Morgan fingerprint density at radius 1 is 0.531 bits per heavy atom. The number of rotatable bonds is 31. The normalized spacial score (nSPS) is 12.8. The molecule has 0 saturated heterocycles. The van der Waals surface area contributed by atoms with Crippen LogP contribution in [0, 0.1) is 0 Å². The molecular formula is C47H77N2+. The van der Waals surface area contributed by atoms with Crippen molar-refractivity contribution in [3.8, 4) is 0 Å². The van der Waals surface area contributed by atoms with Crippen LogP contribution in [-0.4, -0.2) is 4.57 Å². The van der Waals surface area contributed by atoms with Crippen LogP contribution in [0.5, 0.6) is 0 Å². The first-order valence-electron chi connectivity index (χ1n) is 21.4. The first-order chi connectivity index (χ1) is 24.2. The molecule has 2 aromatic carbocycles. The van der Waals surface area contributed by atoms with E-state index in [0.717, 1.165) is 12.8 Å². The highest BCUT2D eigenvalue weighted by atomic mass is 15.2. The van der Waals surface area contributed by atoms with E-state index >= 15 is 0 Å². The molecule has 1 aromatic heterocycles. The predicted molar refractivity (Wildman–Crippen MR) is 215 cm³/mol. The van der Waals surface area contributed by atoms with E-state index in [0.29, 0.717) is 12.0 Å². The van der Waals surface area contributed by atoms with Crippen molar-refractivity contribution >= 4 is 0 Å². The van der Waals surface area contributed by atoms with Crippen molar-refractivity contribution in [1.29, 1.82) is 0 Å². The lowest BCUT2D eigenvalue weighted by molar-refractivity contribution is -0.704. The van der Waals surface area contributed by atoms with E-state index in [1.54, 1.807) is 5.82 Å². The van der Waals surface area contributed by atoms with Gasteiger partial charge in [-0.1, -0.05) is 197 Å². The number of benzene rings is 2. The van der Waals surface area contributed by atoms with E-state index in [1.165, 1.54) is 172 Å². The monoisotopic (exact) mass is 670 g/mol. The molecule has 2 heteroatoms. The predicted octanol–water partition coefficient (Wildman–Crippen LogP) is 14.3. The molecule has 1 heterocycles. The summed E-state index contributed by atoms with van der Waals surface area (Å²) in [6, 6.07) is 23.0. The van der Waals surface area contributed by atoms with Crippen LogP contribution in [0.4, 0.5) is 0 Å². The Morgan fingerprint density at radius 2 is 1.00 bits per heavy atom. The average Bonchev–Trinajstić information content (AvgIpc) is 3.54. The Bertz CT molecular complexity index is 1150. The molecule has 2 unspecified atom stereocenters. The zero-order valence-electron chi connectivity index (χ0n) is 32.6. The lowest BCUT2D eigenvalue weighted by Crippen LogP contribution is -2.38. The maximum Gasteiger partial charge on any atom is 0.256 e. The van der Waals surface area contributed by atoms with Crippen molar-refractivity contribution in [2.24, 2.45) is 0 Å². The van der Waals surface area contributed by atoms with Gasteiger partial charge in [0, 0.05) is 6.42 Å². The van der Waals surface area contributed by atoms with Crippen molar-refractivity contribution in [2.75, 3.05) is 0 Å². The second kappa shape index (κ2) is 27.4. The van der Waals surface area contributed by atoms with Gasteiger partial charge in [0.1, 0.15) is 12.4 Å². The molecule has 2 atom stereocenters. The van der Waals surface area contributed by atoms with Gasteiger partial charge >= 0.3 is 0 Å². The third-order valence-electron chi connectivity index (χ3n) is 11.1. The number of imidazole rings is 1. The standard InChI is InChI=1S/C47H77N2/c1-4-6-8-10-12-14-16-18-20-22-26-32-43(3)49-41-40-48(39-31-23-21-19-17-15-13-11-9-7-5-2)47(49)38-37-46(45-35-29-25-30-36-45)42-44-33-27-24-28-34-44/h24-25,27-30,33-36,40-41,43,46H,4-23,26,31-32,37-39,42H2,1-3H3/q+1. The summed E-state index contributed by atoms with van der Waals surface area (Å²) in [6.45, 7) is 8.26. The first kappa shape index (κ1) is 41.1. The molecule has 0 radical (unpaired) electrons. The molecule has 0 aliphatic heterocycles. The van der Waals surface area contributed by atoms with Crippen LogP contribution in [-0.2, 0) is 19.4 Å². The SMILES string of the molecule is CCCCCCCCCCCCCC(C)n1cc[n+](CCCCCCCCCCCCC)c1CCC(Cc1ccccc1)c1ccccc1. The van der Waals surface area contributed by atoms with Crippen LogP contribution in [0.15, 0.2) is 73.1 Å². The van der Waals surface area contributed by atoms with E-state index in [1.807, 2.05) is 0 Å². The van der Waals surface area contributed by atoms with E-state index < -0.39 is 0 Å². The molecule has 0 N–H and O–H groups in total. The van der Waals surface area contributed by atoms with Crippen LogP contribution in [0.3, 0.4) is 0 Å². The van der Waals surface area contributed by atoms with Crippen LogP contribution in [0.2, 0.25) is 0 Å². The number of nitrogens with zero attached hydrogens (tertiary/aromatic N) is 2. The Hall–Kier alpha value is -2.35.